The molecule has 0 aliphatic heterocycles. The van der Waals surface area contributed by atoms with Crippen LogP contribution in [-0.4, -0.2) is 11.0 Å². The van der Waals surface area contributed by atoms with Crippen LogP contribution in [0.25, 0.3) is 0 Å². The van der Waals surface area contributed by atoms with Crippen LogP contribution in [0.1, 0.15) is 25.3 Å². The van der Waals surface area contributed by atoms with E-state index in [4.69, 9.17) is 0 Å². The van der Waals surface area contributed by atoms with Gasteiger partial charge in [-0.2, -0.15) is 0 Å². The highest BCUT2D eigenvalue weighted by atomic mass is 16.6. The van der Waals surface area contributed by atoms with Gasteiger partial charge in [-0.25, -0.2) is 0 Å². The van der Waals surface area contributed by atoms with E-state index < -0.39 is 0 Å². The van der Waals surface area contributed by atoms with Crippen LogP contribution in [0.5, 0.6) is 0 Å². The number of rotatable bonds is 3. The molecule has 4 nitrogen and oxygen atoms in total. The summed E-state index contributed by atoms with van der Waals surface area (Å²) in [4.78, 5) is 10.6. The van der Waals surface area contributed by atoms with Gasteiger partial charge in [-0.3, -0.25) is 10.1 Å². The van der Waals surface area contributed by atoms with Crippen molar-refractivity contribution in [2.75, 3.05) is 5.32 Å². The summed E-state index contributed by atoms with van der Waals surface area (Å²) in [5.74, 6) is 0.738. The molecule has 1 aliphatic carbocycles. The van der Waals surface area contributed by atoms with Gasteiger partial charge in [0.1, 0.15) is 5.69 Å². The smallest absolute Gasteiger partial charge is 0.292 e. The Balaban J connectivity index is 2.16. The fourth-order valence-corrected chi connectivity index (χ4v) is 2.15. The first kappa shape index (κ1) is 10.9. The van der Waals surface area contributed by atoms with Crippen molar-refractivity contribution in [1.82, 2.24) is 0 Å². The predicted molar refractivity (Wildman–Crippen MR) is 63.6 cm³/mol. The van der Waals surface area contributed by atoms with Crippen molar-refractivity contribution in [3.05, 3.63) is 33.9 Å². The molecule has 0 heterocycles. The number of hydrogen-bond acceptors (Lipinski definition) is 3. The van der Waals surface area contributed by atoms with Gasteiger partial charge in [0.2, 0.25) is 0 Å². The average molecular weight is 220 g/mol. The van der Waals surface area contributed by atoms with E-state index in [-0.39, 0.29) is 10.6 Å². The van der Waals surface area contributed by atoms with Crippen molar-refractivity contribution < 1.29 is 4.92 Å². The minimum Gasteiger partial charge on any atom is -0.377 e. The van der Waals surface area contributed by atoms with Gasteiger partial charge in [-0.15, -0.1) is 0 Å². The lowest BCUT2D eigenvalue weighted by molar-refractivity contribution is -0.384. The number of nitrogens with one attached hydrogen (secondary N) is 1. The zero-order valence-electron chi connectivity index (χ0n) is 9.56. The molecule has 1 aliphatic rings. The molecule has 1 N–H and O–H groups in total. The number of benzene rings is 1. The quantitative estimate of drug-likeness (QED) is 0.629. The Kier molecular flexibility index (Phi) is 2.81. The highest BCUT2D eigenvalue weighted by molar-refractivity contribution is 5.63. The van der Waals surface area contributed by atoms with Crippen LogP contribution in [-0.2, 0) is 0 Å². The summed E-state index contributed by atoms with van der Waals surface area (Å²) < 4.78 is 0. The van der Waals surface area contributed by atoms with Crippen LogP contribution in [0, 0.1) is 23.0 Å². The number of nitrogens with zero attached hydrogens (tertiary/aromatic N) is 1. The Bertz CT molecular complexity index is 411. The van der Waals surface area contributed by atoms with E-state index in [1.807, 2.05) is 13.0 Å². The Morgan fingerprint density at radius 3 is 2.69 bits per heavy atom. The maximum absolute atomic E-state index is 10.9. The number of aryl methyl sites for hydroxylation is 1. The van der Waals surface area contributed by atoms with Gasteiger partial charge in [0.15, 0.2) is 0 Å². The lowest BCUT2D eigenvalue weighted by atomic mass is 9.82. The number of hydrogen-bond donors (Lipinski definition) is 1. The summed E-state index contributed by atoms with van der Waals surface area (Å²) in [6.07, 6.45) is 2.20. The van der Waals surface area contributed by atoms with Gasteiger partial charge < -0.3 is 5.32 Å². The maximum atomic E-state index is 10.9. The molecule has 16 heavy (non-hydrogen) atoms. The van der Waals surface area contributed by atoms with Crippen molar-refractivity contribution in [1.29, 1.82) is 0 Å². The molecule has 4 heteroatoms. The summed E-state index contributed by atoms with van der Waals surface area (Å²) >= 11 is 0. The molecule has 0 unspecified atom stereocenters. The van der Waals surface area contributed by atoms with Crippen LogP contribution >= 0.6 is 0 Å². The Hall–Kier alpha value is -1.58. The third-order valence-electron chi connectivity index (χ3n) is 3.08. The van der Waals surface area contributed by atoms with E-state index in [0.717, 1.165) is 24.3 Å². The highest BCUT2D eigenvalue weighted by Crippen LogP contribution is 2.33. The molecule has 1 aromatic carbocycles. The summed E-state index contributed by atoms with van der Waals surface area (Å²) in [6.45, 7) is 4.06. The minimum absolute atomic E-state index is 0.180. The summed E-state index contributed by atoms with van der Waals surface area (Å²) in [5.41, 5.74) is 1.74. The third-order valence-corrected chi connectivity index (χ3v) is 3.08. The van der Waals surface area contributed by atoms with E-state index in [2.05, 4.69) is 12.2 Å². The molecule has 0 atom stereocenters. The normalized spacial score (nSPS) is 23.6. The monoisotopic (exact) mass is 220 g/mol. The number of anilines is 1. The van der Waals surface area contributed by atoms with Gasteiger partial charge in [0.05, 0.1) is 4.92 Å². The van der Waals surface area contributed by atoms with Gasteiger partial charge in [0, 0.05) is 12.1 Å². The van der Waals surface area contributed by atoms with E-state index in [0.29, 0.717) is 11.7 Å². The number of nitro benzene ring substituents is 1. The summed E-state index contributed by atoms with van der Waals surface area (Å²) in [7, 11) is 0. The highest BCUT2D eigenvalue weighted by Gasteiger charge is 2.27. The molecule has 1 fully saturated rings. The second kappa shape index (κ2) is 4.12. The second-order valence-electron chi connectivity index (χ2n) is 4.70. The molecule has 0 saturated heterocycles. The van der Waals surface area contributed by atoms with Crippen LogP contribution in [0.4, 0.5) is 11.4 Å². The molecule has 0 bridgehead atoms. The summed E-state index contributed by atoms with van der Waals surface area (Å²) in [5, 5.41) is 14.1. The van der Waals surface area contributed by atoms with Crippen molar-refractivity contribution in [3.8, 4) is 0 Å². The van der Waals surface area contributed by atoms with E-state index in [9.17, 15) is 10.1 Å². The second-order valence-corrected chi connectivity index (χ2v) is 4.70. The Labute approximate surface area is 94.8 Å². The Morgan fingerprint density at radius 1 is 1.44 bits per heavy atom. The van der Waals surface area contributed by atoms with Gasteiger partial charge >= 0.3 is 0 Å². The van der Waals surface area contributed by atoms with Gasteiger partial charge in [0.25, 0.3) is 5.69 Å². The lowest BCUT2D eigenvalue weighted by Gasteiger charge is -2.33. The van der Waals surface area contributed by atoms with Crippen LogP contribution in [0.2, 0.25) is 0 Å². The third kappa shape index (κ3) is 2.15. The average Bonchev–Trinajstić information content (AvgIpc) is 2.17. The van der Waals surface area contributed by atoms with Gasteiger partial charge in [-0.05, 0) is 37.3 Å². The molecular formula is C12H16N2O2. The first-order valence-electron chi connectivity index (χ1n) is 5.58. The fourth-order valence-electron chi connectivity index (χ4n) is 2.15. The minimum atomic E-state index is -0.322. The van der Waals surface area contributed by atoms with Gasteiger partial charge in [-0.1, -0.05) is 13.0 Å². The standard InChI is InChI=1S/C12H16N2O2/c1-8-3-4-11(12(7-8)14(15)16)13-10-5-9(2)6-10/h3-4,7,9-10,13H,5-6H2,1-2H3. The molecule has 0 amide bonds. The topological polar surface area (TPSA) is 55.2 Å². The zero-order chi connectivity index (χ0) is 11.7. The van der Waals surface area contributed by atoms with Crippen molar-refractivity contribution in [2.24, 2.45) is 5.92 Å². The molecule has 1 saturated carbocycles. The lowest BCUT2D eigenvalue weighted by Crippen LogP contribution is -2.33. The molecule has 0 spiro atoms. The van der Waals surface area contributed by atoms with Crippen molar-refractivity contribution >= 4 is 11.4 Å². The van der Waals surface area contributed by atoms with E-state index >= 15 is 0 Å². The van der Waals surface area contributed by atoms with Crippen molar-refractivity contribution in [3.63, 3.8) is 0 Å². The Morgan fingerprint density at radius 2 is 2.12 bits per heavy atom. The molecule has 0 aromatic heterocycles. The first-order chi connectivity index (χ1) is 7.56. The molecule has 86 valence electrons. The molecule has 2 rings (SSSR count). The molecule has 1 aromatic rings. The fraction of sp³-hybridized carbons (Fsp3) is 0.500. The zero-order valence-corrected chi connectivity index (χ0v) is 9.56. The van der Waals surface area contributed by atoms with Crippen molar-refractivity contribution in [2.45, 2.75) is 32.7 Å². The van der Waals surface area contributed by atoms with E-state index in [1.165, 1.54) is 0 Å². The maximum Gasteiger partial charge on any atom is 0.292 e. The summed E-state index contributed by atoms with van der Waals surface area (Å²) in [6, 6.07) is 5.72. The van der Waals surface area contributed by atoms with Crippen LogP contribution < -0.4 is 5.32 Å². The van der Waals surface area contributed by atoms with E-state index in [1.54, 1.807) is 12.1 Å². The van der Waals surface area contributed by atoms with Crippen LogP contribution in [0.3, 0.4) is 0 Å². The molecular weight excluding hydrogens is 204 g/mol. The predicted octanol–water partition coefficient (Wildman–Crippen LogP) is 3.11. The largest absolute Gasteiger partial charge is 0.377 e. The SMILES string of the molecule is Cc1ccc(NC2CC(C)C2)c([N+](=O)[O-])c1. The molecule has 0 radical (unpaired) electrons. The first-order valence-corrected chi connectivity index (χ1v) is 5.58. The number of nitro groups is 1. The van der Waals surface area contributed by atoms with Crippen LogP contribution in [0.15, 0.2) is 18.2 Å².